The lowest BCUT2D eigenvalue weighted by Gasteiger charge is -2.09. The van der Waals surface area contributed by atoms with Crippen molar-refractivity contribution >= 4 is 11.8 Å². The Morgan fingerprint density at radius 2 is 1.78 bits per heavy atom. The van der Waals surface area contributed by atoms with Crippen LogP contribution in [0.3, 0.4) is 0 Å². The Kier molecular flexibility index (Phi) is 3.23. The molecule has 0 heterocycles. The Morgan fingerprint density at radius 3 is 2.33 bits per heavy atom. The predicted octanol–water partition coefficient (Wildman–Crippen LogP) is 1.23. The van der Waals surface area contributed by atoms with Gasteiger partial charge in [-0.05, 0) is 18.6 Å². The lowest BCUT2D eigenvalue weighted by molar-refractivity contribution is -0.143. The summed E-state index contributed by atoms with van der Waals surface area (Å²) in [5, 5.41) is 0. The second kappa shape index (κ2) is 4.68. The number of Topliss-reactive ketones (excluding diaryl/α,β-unsaturated/α-hetero) is 1. The summed E-state index contributed by atoms with van der Waals surface area (Å²) in [7, 11) is 4.28. The number of hydrogen-bond donors (Lipinski definition) is 0. The van der Waals surface area contributed by atoms with Crippen LogP contribution in [0.1, 0.15) is 15.9 Å². The number of carbonyl (C=O) groups is 2. The average molecular weight is 250 g/mol. The summed E-state index contributed by atoms with van der Waals surface area (Å²) >= 11 is 0. The minimum Gasteiger partial charge on any atom is -0.496 e. The number of methoxy groups -OCH3 is 3. The van der Waals surface area contributed by atoms with Gasteiger partial charge in [0.25, 0.3) is 0 Å². The molecule has 0 spiro atoms. The van der Waals surface area contributed by atoms with Gasteiger partial charge >= 0.3 is 5.97 Å². The van der Waals surface area contributed by atoms with E-state index in [4.69, 9.17) is 9.47 Å². The maximum absolute atomic E-state index is 12.2. The highest BCUT2D eigenvalue weighted by Crippen LogP contribution is 2.39. The molecule has 2 rings (SSSR count). The Labute approximate surface area is 105 Å². The number of ether oxygens (including phenoxy) is 3. The van der Waals surface area contributed by atoms with Crippen molar-refractivity contribution in [2.24, 2.45) is 5.92 Å². The molecule has 1 unspecified atom stereocenters. The molecule has 1 aromatic rings. The van der Waals surface area contributed by atoms with E-state index in [2.05, 4.69) is 4.74 Å². The largest absolute Gasteiger partial charge is 0.496 e. The minimum absolute atomic E-state index is 0.271. The summed E-state index contributed by atoms with van der Waals surface area (Å²) in [6, 6.07) is 3.39. The molecule has 5 heteroatoms. The minimum atomic E-state index is -0.796. The molecule has 0 radical (unpaired) electrons. The first kappa shape index (κ1) is 12.4. The van der Waals surface area contributed by atoms with Crippen molar-refractivity contribution in [2.45, 2.75) is 6.42 Å². The molecule has 1 aliphatic rings. The van der Waals surface area contributed by atoms with E-state index in [1.807, 2.05) is 0 Å². The van der Waals surface area contributed by atoms with E-state index in [0.29, 0.717) is 29.0 Å². The number of fused-ring (bicyclic) bond motifs is 1. The van der Waals surface area contributed by atoms with E-state index in [1.165, 1.54) is 21.3 Å². The van der Waals surface area contributed by atoms with E-state index in [9.17, 15) is 9.59 Å². The molecular formula is C13H14O5. The highest BCUT2D eigenvalue weighted by atomic mass is 16.5. The molecule has 0 bridgehead atoms. The van der Waals surface area contributed by atoms with E-state index >= 15 is 0 Å². The highest BCUT2D eigenvalue weighted by Gasteiger charge is 2.40. The normalized spacial score (nSPS) is 17.3. The van der Waals surface area contributed by atoms with Crippen LogP contribution in [-0.2, 0) is 16.0 Å². The average Bonchev–Trinajstić information content (AvgIpc) is 2.75. The van der Waals surface area contributed by atoms with Gasteiger partial charge in [-0.25, -0.2) is 0 Å². The van der Waals surface area contributed by atoms with Gasteiger partial charge in [0.15, 0.2) is 5.78 Å². The van der Waals surface area contributed by atoms with Gasteiger partial charge in [-0.15, -0.1) is 0 Å². The van der Waals surface area contributed by atoms with Crippen LogP contribution in [0.2, 0.25) is 0 Å². The second-order valence-electron chi connectivity index (χ2n) is 3.97. The molecule has 5 nitrogen and oxygen atoms in total. The van der Waals surface area contributed by atoms with Gasteiger partial charge in [0.1, 0.15) is 17.4 Å². The van der Waals surface area contributed by atoms with Crippen LogP contribution >= 0.6 is 0 Å². The van der Waals surface area contributed by atoms with Gasteiger partial charge in [0.05, 0.1) is 26.9 Å². The van der Waals surface area contributed by atoms with E-state index < -0.39 is 11.9 Å². The molecule has 0 amide bonds. The van der Waals surface area contributed by atoms with Crippen molar-refractivity contribution in [3.63, 3.8) is 0 Å². The zero-order valence-corrected chi connectivity index (χ0v) is 10.5. The molecule has 1 atom stereocenters. The highest BCUT2D eigenvalue weighted by molar-refractivity contribution is 6.14. The molecule has 1 aromatic carbocycles. The molecule has 0 aromatic heterocycles. The lowest BCUT2D eigenvalue weighted by atomic mass is 10.1. The maximum Gasteiger partial charge on any atom is 0.316 e. The smallest absolute Gasteiger partial charge is 0.316 e. The summed E-state index contributed by atoms with van der Waals surface area (Å²) in [6.45, 7) is 0. The fourth-order valence-corrected chi connectivity index (χ4v) is 2.25. The lowest BCUT2D eigenvalue weighted by Crippen LogP contribution is -2.22. The number of esters is 1. The number of ketones is 1. The Hall–Kier alpha value is -2.04. The first-order valence-corrected chi connectivity index (χ1v) is 5.50. The van der Waals surface area contributed by atoms with Crippen molar-refractivity contribution in [1.29, 1.82) is 0 Å². The second-order valence-corrected chi connectivity index (χ2v) is 3.97. The van der Waals surface area contributed by atoms with Gasteiger partial charge < -0.3 is 14.2 Å². The number of hydrogen-bond acceptors (Lipinski definition) is 5. The van der Waals surface area contributed by atoms with Crippen molar-refractivity contribution in [1.82, 2.24) is 0 Å². The molecule has 1 aliphatic carbocycles. The van der Waals surface area contributed by atoms with Crippen LogP contribution in [0.15, 0.2) is 12.1 Å². The van der Waals surface area contributed by atoms with E-state index in [1.54, 1.807) is 12.1 Å². The Bertz CT molecular complexity index is 506. The summed E-state index contributed by atoms with van der Waals surface area (Å²) in [5.74, 6) is -0.545. The zero-order valence-electron chi connectivity index (χ0n) is 10.5. The van der Waals surface area contributed by atoms with E-state index in [-0.39, 0.29) is 5.78 Å². The molecular weight excluding hydrogens is 236 g/mol. The third kappa shape index (κ3) is 1.72. The summed E-state index contributed by atoms with van der Waals surface area (Å²) in [5.41, 5.74) is 1.13. The van der Waals surface area contributed by atoms with Gasteiger partial charge in [0, 0.05) is 5.56 Å². The van der Waals surface area contributed by atoms with Gasteiger partial charge in [-0.2, -0.15) is 0 Å². The van der Waals surface area contributed by atoms with Crippen molar-refractivity contribution in [3.05, 3.63) is 23.3 Å². The maximum atomic E-state index is 12.2. The van der Waals surface area contributed by atoms with Crippen LogP contribution in [-0.4, -0.2) is 33.1 Å². The van der Waals surface area contributed by atoms with Gasteiger partial charge in [-0.1, -0.05) is 0 Å². The molecule has 18 heavy (non-hydrogen) atoms. The Balaban J connectivity index is 2.52. The van der Waals surface area contributed by atoms with Crippen LogP contribution in [0.4, 0.5) is 0 Å². The zero-order chi connectivity index (χ0) is 13.3. The molecule has 96 valence electrons. The number of rotatable bonds is 3. The van der Waals surface area contributed by atoms with E-state index in [0.717, 1.165) is 0 Å². The van der Waals surface area contributed by atoms with Crippen LogP contribution in [0.25, 0.3) is 0 Å². The molecule has 0 fully saturated rings. The predicted molar refractivity (Wildman–Crippen MR) is 63.1 cm³/mol. The monoisotopic (exact) mass is 250 g/mol. The SMILES string of the molecule is COC(=O)C1Cc2c(OC)ccc(OC)c2C1=O. The quantitative estimate of drug-likeness (QED) is 0.596. The van der Waals surface area contributed by atoms with Crippen molar-refractivity contribution in [3.8, 4) is 11.5 Å². The molecule has 0 saturated carbocycles. The first-order chi connectivity index (χ1) is 8.63. The van der Waals surface area contributed by atoms with Crippen LogP contribution in [0.5, 0.6) is 11.5 Å². The third-order valence-electron chi connectivity index (χ3n) is 3.13. The summed E-state index contributed by atoms with van der Waals surface area (Å²) in [6.07, 6.45) is 0.293. The Morgan fingerprint density at radius 1 is 1.17 bits per heavy atom. The fourth-order valence-electron chi connectivity index (χ4n) is 2.25. The van der Waals surface area contributed by atoms with Gasteiger partial charge in [-0.3, -0.25) is 9.59 Å². The number of carbonyl (C=O) groups excluding carboxylic acids is 2. The number of benzene rings is 1. The first-order valence-electron chi connectivity index (χ1n) is 5.50. The topological polar surface area (TPSA) is 61.8 Å². The van der Waals surface area contributed by atoms with Crippen LogP contribution in [0, 0.1) is 5.92 Å². The third-order valence-corrected chi connectivity index (χ3v) is 3.13. The standard InChI is InChI=1S/C13H14O5/c1-16-9-4-5-10(17-2)11-7(9)6-8(12(11)14)13(15)18-3/h4-5,8H,6H2,1-3H3. The van der Waals surface area contributed by atoms with Crippen LogP contribution < -0.4 is 9.47 Å². The summed E-state index contributed by atoms with van der Waals surface area (Å²) in [4.78, 5) is 23.8. The molecule has 0 aliphatic heterocycles. The van der Waals surface area contributed by atoms with Crippen molar-refractivity contribution in [2.75, 3.05) is 21.3 Å². The molecule has 0 N–H and O–H groups in total. The molecule has 0 saturated heterocycles. The van der Waals surface area contributed by atoms with Gasteiger partial charge in [0.2, 0.25) is 0 Å². The summed E-state index contributed by atoms with van der Waals surface area (Å²) < 4.78 is 15.0. The fraction of sp³-hybridized carbons (Fsp3) is 0.385. The van der Waals surface area contributed by atoms with Crippen molar-refractivity contribution < 1.29 is 23.8 Å².